The summed E-state index contributed by atoms with van der Waals surface area (Å²) in [5.74, 6) is 2.02. The van der Waals surface area contributed by atoms with Crippen molar-refractivity contribution in [1.29, 1.82) is 0 Å². The summed E-state index contributed by atoms with van der Waals surface area (Å²) in [5.41, 5.74) is 2.47. The molecule has 0 atom stereocenters. The second-order valence-corrected chi connectivity index (χ2v) is 7.13. The molecule has 0 unspecified atom stereocenters. The molecule has 0 fully saturated rings. The van der Waals surface area contributed by atoms with Gasteiger partial charge in [-0.2, -0.15) is 4.98 Å². The fraction of sp³-hybridized carbons (Fsp3) is 0.292. The molecule has 1 N–H and O–H groups in total. The first-order valence-electron chi connectivity index (χ1n) is 10.6. The van der Waals surface area contributed by atoms with E-state index >= 15 is 0 Å². The zero-order chi connectivity index (χ0) is 22.7. The molecule has 0 aliphatic rings. The van der Waals surface area contributed by atoms with Crippen LogP contribution in [-0.2, 0) is 0 Å². The molecule has 0 radical (unpaired) electrons. The number of nitrogens with zero attached hydrogens (tertiary/aromatic N) is 2. The van der Waals surface area contributed by atoms with Crippen LogP contribution in [0.3, 0.4) is 0 Å². The molecule has 8 nitrogen and oxygen atoms in total. The van der Waals surface area contributed by atoms with Crippen molar-refractivity contribution in [1.82, 2.24) is 15.1 Å². The van der Waals surface area contributed by atoms with E-state index in [2.05, 4.69) is 15.1 Å². The average molecular weight is 435 g/mol. The van der Waals surface area contributed by atoms with Crippen molar-refractivity contribution in [2.24, 2.45) is 0 Å². The normalized spacial score (nSPS) is 11.0. The molecule has 2 heterocycles. The average Bonchev–Trinajstić information content (AvgIpc) is 3.25. The molecule has 4 aromatic rings. The van der Waals surface area contributed by atoms with Gasteiger partial charge in [-0.1, -0.05) is 17.3 Å². The SMILES string of the molecule is CCOc1cc(-c2nc(-c3cc4ccc(C)cc4[nH]c3=O)no2)cc(OCC)c1OCC. The van der Waals surface area contributed by atoms with Gasteiger partial charge in [0, 0.05) is 11.1 Å². The Morgan fingerprint density at radius 2 is 1.62 bits per heavy atom. The van der Waals surface area contributed by atoms with E-state index in [0.29, 0.717) is 48.2 Å². The lowest BCUT2D eigenvalue weighted by atomic mass is 10.1. The molecular formula is C24H25N3O5. The minimum Gasteiger partial charge on any atom is -0.490 e. The Hall–Kier alpha value is -3.81. The smallest absolute Gasteiger partial charge is 0.259 e. The maximum absolute atomic E-state index is 12.7. The molecular weight excluding hydrogens is 410 g/mol. The summed E-state index contributed by atoms with van der Waals surface area (Å²) in [7, 11) is 0. The fourth-order valence-electron chi connectivity index (χ4n) is 3.44. The van der Waals surface area contributed by atoms with Crippen LogP contribution in [0.4, 0.5) is 0 Å². The number of fused-ring (bicyclic) bond motifs is 1. The zero-order valence-corrected chi connectivity index (χ0v) is 18.5. The van der Waals surface area contributed by atoms with Gasteiger partial charge in [0.15, 0.2) is 11.5 Å². The number of aryl methyl sites for hydroxylation is 1. The van der Waals surface area contributed by atoms with Crippen molar-refractivity contribution in [3.05, 3.63) is 52.3 Å². The molecule has 4 rings (SSSR count). The van der Waals surface area contributed by atoms with Gasteiger partial charge in [0.2, 0.25) is 11.6 Å². The molecule has 32 heavy (non-hydrogen) atoms. The van der Waals surface area contributed by atoms with Gasteiger partial charge in [-0.15, -0.1) is 0 Å². The molecule has 2 aromatic heterocycles. The fourth-order valence-corrected chi connectivity index (χ4v) is 3.44. The molecule has 0 aliphatic carbocycles. The van der Waals surface area contributed by atoms with E-state index < -0.39 is 0 Å². The van der Waals surface area contributed by atoms with E-state index in [1.807, 2.05) is 45.9 Å². The maximum Gasteiger partial charge on any atom is 0.259 e. The molecule has 0 saturated carbocycles. The Bertz CT molecular complexity index is 1280. The number of H-pyrrole nitrogens is 1. The van der Waals surface area contributed by atoms with E-state index in [9.17, 15) is 4.79 Å². The number of rotatable bonds is 8. The molecule has 0 amide bonds. The molecule has 0 saturated heterocycles. The van der Waals surface area contributed by atoms with Gasteiger partial charge >= 0.3 is 0 Å². The molecule has 166 valence electrons. The third-order valence-corrected chi connectivity index (χ3v) is 4.82. The maximum atomic E-state index is 12.7. The van der Waals surface area contributed by atoms with Gasteiger partial charge in [0.05, 0.1) is 25.4 Å². The number of hydrogen-bond acceptors (Lipinski definition) is 7. The zero-order valence-electron chi connectivity index (χ0n) is 18.5. The number of pyridine rings is 1. The molecule has 2 aromatic carbocycles. The van der Waals surface area contributed by atoms with E-state index in [4.69, 9.17) is 18.7 Å². The topological polar surface area (TPSA) is 99.5 Å². The number of benzene rings is 2. The first kappa shape index (κ1) is 21.4. The Kier molecular flexibility index (Phi) is 6.11. The van der Waals surface area contributed by atoms with Gasteiger partial charge < -0.3 is 23.7 Å². The minimum absolute atomic E-state index is 0.202. The monoisotopic (exact) mass is 435 g/mol. The van der Waals surface area contributed by atoms with Crippen LogP contribution in [0.25, 0.3) is 33.7 Å². The number of nitrogens with one attached hydrogen (secondary N) is 1. The Labute approximate surface area is 185 Å². The third kappa shape index (κ3) is 4.16. The van der Waals surface area contributed by atoms with Crippen LogP contribution in [0.5, 0.6) is 17.2 Å². The first-order chi connectivity index (χ1) is 15.5. The Morgan fingerprint density at radius 1 is 0.938 bits per heavy atom. The van der Waals surface area contributed by atoms with Crippen LogP contribution < -0.4 is 19.8 Å². The highest BCUT2D eigenvalue weighted by Gasteiger charge is 2.20. The number of aromatic amines is 1. The lowest BCUT2D eigenvalue weighted by Crippen LogP contribution is -2.09. The second-order valence-electron chi connectivity index (χ2n) is 7.13. The van der Waals surface area contributed by atoms with Gasteiger partial charge in [0.1, 0.15) is 0 Å². The highest BCUT2D eigenvalue weighted by Crippen LogP contribution is 2.41. The van der Waals surface area contributed by atoms with Gasteiger partial charge in [-0.05, 0) is 62.9 Å². The van der Waals surface area contributed by atoms with Crippen LogP contribution in [-0.4, -0.2) is 34.9 Å². The van der Waals surface area contributed by atoms with E-state index in [0.717, 1.165) is 16.5 Å². The highest BCUT2D eigenvalue weighted by molar-refractivity contribution is 5.83. The second kappa shape index (κ2) is 9.13. The van der Waals surface area contributed by atoms with E-state index in [-0.39, 0.29) is 17.3 Å². The standard InChI is InChI=1S/C24H25N3O5/c1-5-29-19-12-16(13-20(30-6-2)21(19)31-7-3)24-26-22(27-32-24)17-11-15-9-8-14(4)10-18(15)25-23(17)28/h8-13H,5-7H2,1-4H3,(H,25,28). The van der Waals surface area contributed by atoms with Crippen LogP contribution in [0, 0.1) is 6.92 Å². The summed E-state index contributed by atoms with van der Waals surface area (Å²) in [6.45, 7) is 9.02. The van der Waals surface area contributed by atoms with Gasteiger partial charge in [-0.25, -0.2) is 0 Å². The summed E-state index contributed by atoms with van der Waals surface area (Å²) in [5, 5.41) is 4.92. The summed E-state index contributed by atoms with van der Waals surface area (Å²) in [4.78, 5) is 20.0. The first-order valence-corrected chi connectivity index (χ1v) is 10.6. The Balaban J connectivity index is 1.78. The quantitative estimate of drug-likeness (QED) is 0.426. The van der Waals surface area contributed by atoms with Crippen molar-refractivity contribution in [2.75, 3.05) is 19.8 Å². The lowest BCUT2D eigenvalue weighted by molar-refractivity contribution is 0.261. The van der Waals surface area contributed by atoms with Crippen LogP contribution in [0.15, 0.2) is 45.7 Å². The lowest BCUT2D eigenvalue weighted by Gasteiger charge is -2.16. The number of hydrogen-bond donors (Lipinski definition) is 1. The van der Waals surface area contributed by atoms with Crippen molar-refractivity contribution in [3.8, 4) is 40.1 Å². The number of ether oxygens (including phenoxy) is 3. The van der Waals surface area contributed by atoms with Crippen molar-refractivity contribution in [2.45, 2.75) is 27.7 Å². The van der Waals surface area contributed by atoms with Crippen molar-refractivity contribution < 1.29 is 18.7 Å². The highest BCUT2D eigenvalue weighted by atomic mass is 16.5. The molecule has 0 aliphatic heterocycles. The van der Waals surface area contributed by atoms with Crippen LogP contribution in [0.1, 0.15) is 26.3 Å². The van der Waals surface area contributed by atoms with Gasteiger partial charge in [-0.3, -0.25) is 4.79 Å². The van der Waals surface area contributed by atoms with Crippen LogP contribution in [0.2, 0.25) is 0 Å². The largest absolute Gasteiger partial charge is 0.490 e. The predicted octanol–water partition coefficient (Wildman–Crippen LogP) is 4.75. The van der Waals surface area contributed by atoms with E-state index in [1.54, 1.807) is 18.2 Å². The third-order valence-electron chi connectivity index (χ3n) is 4.82. The molecule has 0 spiro atoms. The summed E-state index contributed by atoms with van der Waals surface area (Å²) in [6.07, 6.45) is 0. The van der Waals surface area contributed by atoms with Crippen LogP contribution >= 0.6 is 0 Å². The molecule has 8 heteroatoms. The predicted molar refractivity (Wildman–Crippen MR) is 122 cm³/mol. The summed E-state index contributed by atoms with van der Waals surface area (Å²) < 4.78 is 22.7. The summed E-state index contributed by atoms with van der Waals surface area (Å²) in [6, 6.07) is 11.1. The summed E-state index contributed by atoms with van der Waals surface area (Å²) >= 11 is 0. The van der Waals surface area contributed by atoms with E-state index in [1.165, 1.54) is 0 Å². The van der Waals surface area contributed by atoms with Crippen molar-refractivity contribution in [3.63, 3.8) is 0 Å². The minimum atomic E-state index is -0.285. The Morgan fingerprint density at radius 3 is 2.28 bits per heavy atom. The molecule has 0 bridgehead atoms. The van der Waals surface area contributed by atoms with Gasteiger partial charge in [0.25, 0.3) is 11.4 Å². The number of aromatic nitrogens is 3. The van der Waals surface area contributed by atoms with Crippen molar-refractivity contribution >= 4 is 10.9 Å².